The van der Waals surface area contributed by atoms with Crippen LogP contribution in [0.5, 0.6) is 0 Å². The largest absolute Gasteiger partial charge is 0.370 e. The molecule has 0 aliphatic heterocycles. The van der Waals surface area contributed by atoms with Gasteiger partial charge in [0.25, 0.3) is 0 Å². The van der Waals surface area contributed by atoms with Crippen molar-refractivity contribution < 1.29 is 0 Å². The van der Waals surface area contributed by atoms with Crippen molar-refractivity contribution in [3.63, 3.8) is 0 Å². The zero-order valence-corrected chi connectivity index (χ0v) is 14.8. The minimum Gasteiger partial charge on any atom is -0.370 e. The van der Waals surface area contributed by atoms with Gasteiger partial charge in [0.1, 0.15) is 5.82 Å². The Morgan fingerprint density at radius 1 is 1.13 bits per heavy atom. The molecular formula is C18H24N4S. The lowest BCUT2D eigenvalue weighted by molar-refractivity contribution is 0.779. The van der Waals surface area contributed by atoms with Crippen LogP contribution in [0, 0.1) is 13.8 Å². The maximum Gasteiger partial charge on any atom is 0.172 e. The van der Waals surface area contributed by atoms with E-state index in [9.17, 15) is 0 Å². The van der Waals surface area contributed by atoms with E-state index in [1.165, 1.54) is 11.3 Å². The Hall–Kier alpha value is -2.14. The highest BCUT2D eigenvalue weighted by Crippen LogP contribution is 2.14. The number of nitrogens with zero attached hydrogens (tertiary/aromatic N) is 2. The molecule has 1 heterocycles. The third kappa shape index (κ3) is 5.53. The van der Waals surface area contributed by atoms with Gasteiger partial charge < -0.3 is 15.5 Å². The Bertz CT molecular complexity index is 640. The Kier molecular flexibility index (Phi) is 6.35. The van der Waals surface area contributed by atoms with Crippen molar-refractivity contribution in [3.05, 3.63) is 53.7 Å². The molecule has 0 saturated carbocycles. The minimum absolute atomic E-state index is 0.600. The third-order valence-electron chi connectivity index (χ3n) is 3.61. The summed E-state index contributed by atoms with van der Waals surface area (Å²) >= 11 is 5.32. The number of benzene rings is 1. The van der Waals surface area contributed by atoms with Crippen molar-refractivity contribution in [2.75, 3.05) is 29.9 Å². The SMILES string of the molecule is CCN(CCNC(=S)Nc1cc(C)ccn1)c1ccc(C)cc1. The Morgan fingerprint density at radius 3 is 2.52 bits per heavy atom. The van der Waals surface area contributed by atoms with E-state index in [1.54, 1.807) is 6.20 Å². The standard InChI is InChI=1S/C18H24N4S/c1-4-22(16-7-5-14(2)6-8-16)12-11-20-18(23)21-17-13-15(3)9-10-19-17/h5-10,13H,4,11-12H2,1-3H3,(H2,19,20,21,23). The van der Waals surface area contributed by atoms with Crippen LogP contribution in [0.15, 0.2) is 42.6 Å². The molecule has 0 bridgehead atoms. The predicted octanol–water partition coefficient (Wildman–Crippen LogP) is 3.51. The van der Waals surface area contributed by atoms with Crippen molar-refractivity contribution >= 4 is 28.8 Å². The van der Waals surface area contributed by atoms with Gasteiger partial charge in [-0.1, -0.05) is 17.7 Å². The monoisotopic (exact) mass is 328 g/mol. The van der Waals surface area contributed by atoms with Crippen LogP contribution < -0.4 is 15.5 Å². The summed E-state index contributed by atoms with van der Waals surface area (Å²) in [6, 6.07) is 12.5. The van der Waals surface area contributed by atoms with E-state index in [0.717, 1.165) is 31.0 Å². The second kappa shape index (κ2) is 8.48. The van der Waals surface area contributed by atoms with E-state index in [4.69, 9.17) is 12.2 Å². The number of hydrogen-bond donors (Lipinski definition) is 2. The van der Waals surface area contributed by atoms with Crippen molar-refractivity contribution in [1.29, 1.82) is 0 Å². The zero-order valence-electron chi connectivity index (χ0n) is 14.0. The lowest BCUT2D eigenvalue weighted by atomic mass is 10.2. The molecule has 0 spiro atoms. The van der Waals surface area contributed by atoms with Gasteiger partial charge in [0.15, 0.2) is 5.11 Å². The molecule has 0 unspecified atom stereocenters. The highest BCUT2D eigenvalue weighted by molar-refractivity contribution is 7.80. The van der Waals surface area contributed by atoms with Gasteiger partial charge >= 0.3 is 0 Å². The molecule has 0 saturated heterocycles. The van der Waals surface area contributed by atoms with Gasteiger partial charge in [0.2, 0.25) is 0 Å². The maximum absolute atomic E-state index is 5.32. The van der Waals surface area contributed by atoms with E-state index < -0.39 is 0 Å². The second-order valence-electron chi connectivity index (χ2n) is 5.51. The van der Waals surface area contributed by atoms with Crippen molar-refractivity contribution in [1.82, 2.24) is 10.3 Å². The molecule has 5 heteroatoms. The number of nitrogens with one attached hydrogen (secondary N) is 2. The smallest absolute Gasteiger partial charge is 0.172 e. The highest BCUT2D eigenvalue weighted by atomic mass is 32.1. The normalized spacial score (nSPS) is 10.2. The Balaban J connectivity index is 1.80. The number of rotatable bonds is 6. The molecule has 2 aromatic rings. The summed E-state index contributed by atoms with van der Waals surface area (Å²) in [5, 5.41) is 6.95. The number of anilines is 2. The molecule has 0 aliphatic rings. The first-order valence-corrected chi connectivity index (χ1v) is 8.28. The van der Waals surface area contributed by atoms with Crippen LogP contribution in [0.1, 0.15) is 18.1 Å². The van der Waals surface area contributed by atoms with Gasteiger partial charge in [-0.2, -0.15) is 0 Å². The number of aryl methyl sites for hydroxylation is 2. The number of thiocarbonyl (C=S) groups is 1. The van der Waals surface area contributed by atoms with Crippen LogP contribution in [-0.4, -0.2) is 29.7 Å². The van der Waals surface area contributed by atoms with Crippen LogP contribution in [0.4, 0.5) is 11.5 Å². The number of aromatic nitrogens is 1. The molecule has 23 heavy (non-hydrogen) atoms. The molecule has 2 rings (SSSR count). The highest BCUT2D eigenvalue weighted by Gasteiger charge is 2.04. The maximum atomic E-state index is 5.32. The summed E-state index contributed by atoms with van der Waals surface area (Å²) in [6.45, 7) is 8.93. The molecule has 0 radical (unpaired) electrons. The lowest BCUT2D eigenvalue weighted by Crippen LogP contribution is -2.37. The van der Waals surface area contributed by atoms with E-state index >= 15 is 0 Å². The fourth-order valence-corrected chi connectivity index (χ4v) is 2.50. The van der Waals surface area contributed by atoms with Crippen molar-refractivity contribution in [2.24, 2.45) is 0 Å². The van der Waals surface area contributed by atoms with Gasteiger partial charge in [-0.15, -0.1) is 0 Å². The summed E-state index contributed by atoms with van der Waals surface area (Å²) in [4.78, 5) is 6.57. The molecule has 1 aromatic carbocycles. The predicted molar refractivity (Wildman–Crippen MR) is 102 cm³/mol. The van der Waals surface area contributed by atoms with E-state index in [0.29, 0.717) is 5.11 Å². The van der Waals surface area contributed by atoms with Crippen LogP contribution in [0.25, 0.3) is 0 Å². The first kappa shape index (κ1) is 17.2. The quantitative estimate of drug-likeness (QED) is 0.794. The molecule has 122 valence electrons. The van der Waals surface area contributed by atoms with Crippen molar-refractivity contribution in [3.8, 4) is 0 Å². The van der Waals surface area contributed by atoms with Crippen molar-refractivity contribution in [2.45, 2.75) is 20.8 Å². The summed E-state index contributed by atoms with van der Waals surface area (Å²) in [5.41, 5.74) is 3.67. The van der Waals surface area contributed by atoms with E-state index in [2.05, 4.69) is 58.6 Å². The number of pyridine rings is 1. The fraction of sp³-hybridized carbons (Fsp3) is 0.333. The van der Waals surface area contributed by atoms with Crippen LogP contribution in [0.3, 0.4) is 0 Å². The van der Waals surface area contributed by atoms with Crippen LogP contribution in [0.2, 0.25) is 0 Å². The van der Waals surface area contributed by atoms with Gasteiger partial charge in [-0.25, -0.2) is 4.98 Å². The molecule has 4 nitrogen and oxygen atoms in total. The average Bonchev–Trinajstić information content (AvgIpc) is 2.53. The average molecular weight is 328 g/mol. The summed E-state index contributed by atoms with van der Waals surface area (Å²) in [6.07, 6.45) is 1.77. The molecular weight excluding hydrogens is 304 g/mol. The van der Waals surface area contributed by atoms with Crippen LogP contribution >= 0.6 is 12.2 Å². The van der Waals surface area contributed by atoms with Gasteiger partial charge in [0, 0.05) is 31.5 Å². The van der Waals surface area contributed by atoms with E-state index in [1.807, 2.05) is 19.1 Å². The Morgan fingerprint density at radius 2 is 1.87 bits per heavy atom. The molecule has 0 aliphatic carbocycles. The number of hydrogen-bond acceptors (Lipinski definition) is 3. The summed E-state index contributed by atoms with van der Waals surface area (Å²) < 4.78 is 0. The summed E-state index contributed by atoms with van der Waals surface area (Å²) in [7, 11) is 0. The van der Waals surface area contributed by atoms with Gasteiger partial charge in [0.05, 0.1) is 0 Å². The minimum atomic E-state index is 0.600. The summed E-state index contributed by atoms with van der Waals surface area (Å²) in [5.74, 6) is 0.772. The fourth-order valence-electron chi connectivity index (χ4n) is 2.29. The first-order valence-electron chi connectivity index (χ1n) is 7.87. The molecule has 0 atom stereocenters. The molecule has 0 amide bonds. The first-order chi connectivity index (χ1) is 11.1. The Labute approximate surface area is 143 Å². The molecule has 1 aromatic heterocycles. The second-order valence-corrected chi connectivity index (χ2v) is 5.92. The molecule has 2 N–H and O–H groups in total. The van der Waals surface area contributed by atoms with Crippen LogP contribution in [-0.2, 0) is 0 Å². The third-order valence-corrected chi connectivity index (χ3v) is 3.85. The van der Waals surface area contributed by atoms with Gasteiger partial charge in [-0.3, -0.25) is 0 Å². The number of likely N-dealkylation sites (N-methyl/N-ethyl adjacent to an activating group) is 1. The van der Waals surface area contributed by atoms with Gasteiger partial charge in [-0.05, 0) is 62.8 Å². The molecule has 0 fully saturated rings. The topological polar surface area (TPSA) is 40.2 Å². The lowest BCUT2D eigenvalue weighted by Gasteiger charge is -2.23. The van der Waals surface area contributed by atoms with E-state index in [-0.39, 0.29) is 0 Å². The zero-order chi connectivity index (χ0) is 16.7.